The van der Waals surface area contributed by atoms with Crippen LogP contribution in [0.15, 0.2) is 59.6 Å². The van der Waals surface area contributed by atoms with Gasteiger partial charge in [-0.1, -0.05) is 29.3 Å². The van der Waals surface area contributed by atoms with Gasteiger partial charge in [0.05, 0.1) is 16.4 Å². The molecule has 0 aliphatic rings. The molecule has 140 valence electrons. The summed E-state index contributed by atoms with van der Waals surface area (Å²) in [5.74, 6) is 0.110. The number of anilines is 1. The minimum Gasteiger partial charge on any atom is -0.266 e. The Balaban J connectivity index is 1.75. The molecule has 0 aliphatic carbocycles. The third-order valence-corrected chi connectivity index (χ3v) is 5.54. The Hall–Kier alpha value is -2.62. The van der Waals surface area contributed by atoms with E-state index in [1.807, 2.05) is 0 Å². The van der Waals surface area contributed by atoms with Crippen molar-refractivity contribution in [2.24, 2.45) is 0 Å². The fraction of sp³-hybridized carbons (Fsp3) is 0.0625. The maximum absolute atomic E-state index is 12.4. The highest BCUT2D eigenvalue weighted by Gasteiger charge is 2.17. The van der Waals surface area contributed by atoms with Crippen molar-refractivity contribution in [1.82, 2.24) is 9.78 Å². The van der Waals surface area contributed by atoms with Crippen molar-refractivity contribution in [1.29, 1.82) is 0 Å². The van der Waals surface area contributed by atoms with Crippen LogP contribution in [0.4, 0.5) is 11.5 Å². The number of halogens is 2. The maximum Gasteiger partial charge on any atom is 0.269 e. The number of nitrogens with one attached hydrogen (secondary N) is 1. The zero-order chi connectivity index (χ0) is 19.6. The van der Waals surface area contributed by atoms with Crippen LogP contribution < -0.4 is 4.72 Å². The SMILES string of the molecule is O=[N+]([O-])c1ccc(S(=O)(=O)Nc2ccn(Cc3ccc(Cl)cc3Cl)n2)cc1. The lowest BCUT2D eigenvalue weighted by Gasteiger charge is -2.06. The van der Waals surface area contributed by atoms with E-state index in [-0.39, 0.29) is 16.4 Å². The molecule has 0 saturated heterocycles. The van der Waals surface area contributed by atoms with Crippen LogP contribution in [-0.4, -0.2) is 23.1 Å². The number of nitro benzene ring substituents is 1. The van der Waals surface area contributed by atoms with Gasteiger partial charge in [-0.25, -0.2) is 8.42 Å². The molecule has 11 heteroatoms. The van der Waals surface area contributed by atoms with Crippen LogP contribution in [0.2, 0.25) is 10.0 Å². The quantitative estimate of drug-likeness (QED) is 0.474. The van der Waals surface area contributed by atoms with Gasteiger partial charge in [0.1, 0.15) is 0 Å². The van der Waals surface area contributed by atoms with Crippen LogP contribution in [0.3, 0.4) is 0 Å². The van der Waals surface area contributed by atoms with E-state index in [1.54, 1.807) is 24.4 Å². The molecular formula is C16H12Cl2N4O4S. The molecule has 0 amide bonds. The minimum atomic E-state index is -3.92. The first-order valence-electron chi connectivity index (χ1n) is 7.49. The number of sulfonamides is 1. The van der Waals surface area contributed by atoms with Gasteiger partial charge in [-0.2, -0.15) is 5.10 Å². The van der Waals surface area contributed by atoms with Crippen LogP contribution in [0.1, 0.15) is 5.56 Å². The van der Waals surface area contributed by atoms with Gasteiger partial charge in [-0.3, -0.25) is 19.5 Å². The Morgan fingerprint density at radius 2 is 1.81 bits per heavy atom. The first-order valence-corrected chi connectivity index (χ1v) is 9.73. The van der Waals surface area contributed by atoms with Gasteiger partial charge in [-0.05, 0) is 29.8 Å². The number of hydrogen-bond acceptors (Lipinski definition) is 5. The Morgan fingerprint density at radius 1 is 1.11 bits per heavy atom. The molecule has 0 saturated carbocycles. The molecule has 27 heavy (non-hydrogen) atoms. The van der Waals surface area contributed by atoms with E-state index in [0.29, 0.717) is 16.6 Å². The van der Waals surface area contributed by atoms with Gasteiger partial charge in [-0.15, -0.1) is 0 Å². The summed E-state index contributed by atoms with van der Waals surface area (Å²) in [6.45, 7) is 0.329. The topological polar surface area (TPSA) is 107 Å². The summed E-state index contributed by atoms with van der Waals surface area (Å²) in [5.41, 5.74) is 0.576. The summed E-state index contributed by atoms with van der Waals surface area (Å²) in [6.07, 6.45) is 1.60. The molecule has 1 aromatic heterocycles. The zero-order valence-corrected chi connectivity index (χ0v) is 15.9. The number of benzene rings is 2. The van der Waals surface area contributed by atoms with E-state index in [4.69, 9.17) is 23.2 Å². The van der Waals surface area contributed by atoms with Gasteiger partial charge in [0.25, 0.3) is 15.7 Å². The Bertz CT molecular complexity index is 1100. The molecule has 0 fully saturated rings. The third-order valence-electron chi connectivity index (χ3n) is 3.58. The first kappa shape index (κ1) is 19.2. The van der Waals surface area contributed by atoms with Crippen molar-refractivity contribution in [2.45, 2.75) is 11.4 Å². The normalized spacial score (nSPS) is 11.3. The second-order valence-corrected chi connectivity index (χ2v) is 8.02. The summed E-state index contributed by atoms with van der Waals surface area (Å²) in [6, 6.07) is 11.1. The predicted octanol–water partition coefficient (Wildman–Crippen LogP) is 3.95. The highest BCUT2D eigenvalue weighted by atomic mass is 35.5. The summed E-state index contributed by atoms with van der Waals surface area (Å²) in [5, 5.41) is 15.8. The lowest BCUT2D eigenvalue weighted by molar-refractivity contribution is -0.384. The van der Waals surface area contributed by atoms with Crippen molar-refractivity contribution < 1.29 is 13.3 Å². The largest absolute Gasteiger partial charge is 0.269 e. The smallest absolute Gasteiger partial charge is 0.266 e. The molecule has 0 spiro atoms. The van der Waals surface area contributed by atoms with Crippen molar-refractivity contribution in [2.75, 3.05) is 4.72 Å². The standard InChI is InChI=1S/C16H12Cl2N4O4S/c17-12-2-1-11(15(18)9-12)10-21-8-7-16(19-21)20-27(25,26)14-5-3-13(4-6-14)22(23)24/h1-9H,10H2,(H,19,20). The molecule has 1 N–H and O–H groups in total. The molecule has 0 radical (unpaired) electrons. The van der Waals surface area contributed by atoms with E-state index in [1.165, 1.54) is 10.7 Å². The van der Waals surface area contributed by atoms with Gasteiger partial charge < -0.3 is 0 Å². The lowest BCUT2D eigenvalue weighted by Crippen LogP contribution is -2.14. The molecule has 0 bridgehead atoms. The summed E-state index contributed by atoms with van der Waals surface area (Å²) >= 11 is 12.0. The van der Waals surface area contributed by atoms with Crippen molar-refractivity contribution in [3.63, 3.8) is 0 Å². The van der Waals surface area contributed by atoms with Crippen LogP contribution in [0.5, 0.6) is 0 Å². The average molecular weight is 427 g/mol. The third kappa shape index (κ3) is 4.57. The lowest BCUT2D eigenvalue weighted by atomic mass is 10.2. The monoisotopic (exact) mass is 426 g/mol. The molecule has 1 heterocycles. The second-order valence-electron chi connectivity index (χ2n) is 5.49. The fourth-order valence-electron chi connectivity index (χ4n) is 2.27. The number of rotatable bonds is 6. The van der Waals surface area contributed by atoms with Crippen LogP contribution >= 0.6 is 23.2 Å². The van der Waals surface area contributed by atoms with Crippen LogP contribution in [-0.2, 0) is 16.6 Å². The molecule has 8 nitrogen and oxygen atoms in total. The number of nitro groups is 1. The van der Waals surface area contributed by atoms with Crippen LogP contribution in [0.25, 0.3) is 0 Å². The minimum absolute atomic E-state index is 0.108. The number of aromatic nitrogens is 2. The van der Waals surface area contributed by atoms with E-state index in [9.17, 15) is 18.5 Å². The summed E-state index contributed by atoms with van der Waals surface area (Å²) < 4.78 is 28.6. The molecule has 0 atom stereocenters. The summed E-state index contributed by atoms with van der Waals surface area (Å²) in [7, 11) is -3.92. The van der Waals surface area contributed by atoms with Gasteiger partial charge in [0, 0.05) is 34.4 Å². The number of hydrogen-bond donors (Lipinski definition) is 1. The maximum atomic E-state index is 12.4. The second kappa shape index (κ2) is 7.55. The van der Waals surface area contributed by atoms with Gasteiger partial charge >= 0.3 is 0 Å². The number of non-ortho nitro benzene ring substituents is 1. The van der Waals surface area contributed by atoms with E-state index in [2.05, 4.69) is 9.82 Å². The predicted molar refractivity (Wildman–Crippen MR) is 102 cm³/mol. The Morgan fingerprint density at radius 3 is 2.44 bits per heavy atom. The molecule has 0 unspecified atom stereocenters. The molecule has 0 aliphatic heterocycles. The van der Waals surface area contributed by atoms with E-state index in [0.717, 1.165) is 29.8 Å². The average Bonchev–Trinajstić information content (AvgIpc) is 3.04. The highest BCUT2D eigenvalue weighted by Crippen LogP contribution is 2.22. The Kier molecular flexibility index (Phi) is 5.36. The first-order chi connectivity index (χ1) is 12.7. The Labute approximate surface area is 164 Å². The van der Waals surface area contributed by atoms with E-state index >= 15 is 0 Å². The van der Waals surface area contributed by atoms with Crippen molar-refractivity contribution in [3.8, 4) is 0 Å². The zero-order valence-electron chi connectivity index (χ0n) is 13.5. The molecular weight excluding hydrogens is 415 g/mol. The van der Waals surface area contributed by atoms with Crippen LogP contribution in [0, 0.1) is 10.1 Å². The number of nitrogens with zero attached hydrogens (tertiary/aromatic N) is 3. The van der Waals surface area contributed by atoms with Crippen molar-refractivity contribution >= 4 is 44.7 Å². The molecule has 2 aromatic carbocycles. The van der Waals surface area contributed by atoms with Gasteiger partial charge in [0.2, 0.25) is 0 Å². The van der Waals surface area contributed by atoms with Gasteiger partial charge in [0.15, 0.2) is 5.82 Å². The van der Waals surface area contributed by atoms with Crippen molar-refractivity contribution in [3.05, 3.63) is 80.5 Å². The molecule has 3 aromatic rings. The fourth-order valence-corrected chi connectivity index (χ4v) is 3.74. The highest BCUT2D eigenvalue weighted by molar-refractivity contribution is 7.92. The van der Waals surface area contributed by atoms with E-state index < -0.39 is 14.9 Å². The molecule has 3 rings (SSSR count). The summed E-state index contributed by atoms with van der Waals surface area (Å²) in [4.78, 5) is 9.95.